The normalized spacial score (nSPS) is 14.2. The quantitative estimate of drug-likeness (QED) is 0.496. The van der Waals surface area contributed by atoms with Gasteiger partial charge in [0.15, 0.2) is 11.0 Å². The number of hydrogen-bond donors (Lipinski definition) is 1. The molecule has 1 saturated heterocycles. The third-order valence-electron chi connectivity index (χ3n) is 5.87. The molecule has 1 fully saturated rings. The topological polar surface area (TPSA) is 75.9 Å². The van der Waals surface area contributed by atoms with Gasteiger partial charge in [-0.3, -0.25) is 4.79 Å². The summed E-state index contributed by atoms with van der Waals surface area (Å²) in [6.45, 7) is 7.50. The number of thioether (sulfide) groups is 1. The number of aromatic nitrogens is 4. The minimum atomic E-state index is -0.0284. The van der Waals surface area contributed by atoms with Gasteiger partial charge in [0.05, 0.1) is 5.75 Å². The van der Waals surface area contributed by atoms with Crippen LogP contribution in [0.15, 0.2) is 47.8 Å². The standard InChI is InChI=1S/C25H32N6OS/c1-3-31-24(21-10-8-9-19(2)15-21)28-29-25(31)33-18-23(32)27-17-20-11-12-22(26-16-20)30-13-6-4-5-7-14-30/h8-12,15-16H,3-7,13-14,17-18H2,1-2H3,(H,27,32). The number of anilines is 1. The van der Waals surface area contributed by atoms with E-state index in [0.29, 0.717) is 12.3 Å². The number of nitrogens with one attached hydrogen (secondary N) is 1. The molecule has 2 aromatic heterocycles. The molecule has 1 aliphatic rings. The number of nitrogens with zero attached hydrogens (tertiary/aromatic N) is 5. The van der Waals surface area contributed by atoms with Crippen LogP contribution in [0.5, 0.6) is 0 Å². The minimum absolute atomic E-state index is 0.0284. The van der Waals surface area contributed by atoms with Gasteiger partial charge in [-0.05, 0) is 44.4 Å². The van der Waals surface area contributed by atoms with Crippen LogP contribution >= 0.6 is 11.8 Å². The van der Waals surface area contributed by atoms with Gasteiger partial charge >= 0.3 is 0 Å². The van der Waals surface area contributed by atoms with Gasteiger partial charge in [-0.25, -0.2) is 4.98 Å². The molecular weight excluding hydrogens is 432 g/mol. The van der Waals surface area contributed by atoms with Gasteiger partial charge in [0.2, 0.25) is 5.91 Å². The van der Waals surface area contributed by atoms with Crippen molar-refractivity contribution in [2.75, 3.05) is 23.7 Å². The first-order valence-electron chi connectivity index (χ1n) is 11.7. The Morgan fingerprint density at radius 2 is 1.91 bits per heavy atom. The van der Waals surface area contributed by atoms with Gasteiger partial charge in [-0.2, -0.15) is 0 Å². The summed E-state index contributed by atoms with van der Waals surface area (Å²) in [5, 5.41) is 12.4. The van der Waals surface area contributed by atoms with Crippen LogP contribution in [0.1, 0.15) is 43.7 Å². The largest absolute Gasteiger partial charge is 0.357 e. The van der Waals surface area contributed by atoms with Crippen molar-refractivity contribution in [2.45, 2.75) is 57.8 Å². The van der Waals surface area contributed by atoms with Crippen molar-refractivity contribution in [2.24, 2.45) is 0 Å². The zero-order valence-corrected chi connectivity index (χ0v) is 20.3. The number of benzene rings is 1. The molecule has 7 nitrogen and oxygen atoms in total. The molecule has 1 aromatic carbocycles. The van der Waals surface area contributed by atoms with Crippen LogP contribution in [0.25, 0.3) is 11.4 Å². The van der Waals surface area contributed by atoms with E-state index < -0.39 is 0 Å². The van der Waals surface area contributed by atoms with E-state index in [1.54, 1.807) is 0 Å². The molecule has 1 amide bonds. The number of hydrogen-bond acceptors (Lipinski definition) is 6. The van der Waals surface area contributed by atoms with E-state index in [9.17, 15) is 4.79 Å². The van der Waals surface area contributed by atoms with Gasteiger partial charge in [0.25, 0.3) is 0 Å². The van der Waals surface area contributed by atoms with E-state index >= 15 is 0 Å². The molecule has 33 heavy (non-hydrogen) atoms. The molecule has 1 N–H and O–H groups in total. The summed E-state index contributed by atoms with van der Waals surface area (Å²) in [6.07, 6.45) is 6.95. The molecule has 0 unspecified atom stereocenters. The highest BCUT2D eigenvalue weighted by atomic mass is 32.2. The van der Waals surface area contributed by atoms with Gasteiger partial charge < -0.3 is 14.8 Å². The Morgan fingerprint density at radius 3 is 2.61 bits per heavy atom. The minimum Gasteiger partial charge on any atom is -0.357 e. The monoisotopic (exact) mass is 464 g/mol. The van der Waals surface area contributed by atoms with Gasteiger partial charge in [0, 0.05) is 37.9 Å². The molecular formula is C25H32N6OS. The summed E-state index contributed by atoms with van der Waals surface area (Å²) in [5.74, 6) is 2.13. The Morgan fingerprint density at radius 1 is 1.09 bits per heavy atom. The lowest BCUT2D eigenvalue weighted by Gasteiger charge is -2.21. The fourth-order valence-corrected chi connectivity index (χ4v) is 4.90. The number of amides is 1. The summed E-state index contributed by atoms with van der Waals surface area (Å²) in [5.41, 5.74) is 3.22. The van der Waals surface area contributed by atoms with Crippen molar-refractivity contribution in [1.29, 1.82) is 0 Å². The molecule has 0 radical (unpaired) electrons. The van der Waals surface area contributed by atoms with Crippen LogP contribution < -0.4 is 10.2 Å². The second kappa shape index (κ2) is 11.3. The summed E-state index contributed by atoms with van der Waals surface area (Å²) >= 11 is 1.41. The van der Waals surface area contributed by atoms with E-state index in [2.05, 4.69) is 68.1 Å². The maximum atomic E-state index is 12.4. The average molecular weight is 465 g/mol. The van der Waals surface area contributed by atoms with Crippen LogP contribution in [0.2, 0.25) is 0 Å². The number of carbonyl (C=O) groups is 1. The molecule has 3 heterocycles. The molecule has 0 bridgehead atoms. The van der Waals surface area contributed by atoms with Gasteiger partial charge in [0.1, 0.15) is 5.82 Å². The van der Waals surface area contributed by atoms with Crippen molar-refractivity contribution >= 4 is 23.5 Å². The van der Waals surface area contributed by atoms with Crippen LogP contribution in [0.3, 0.4) is 0 Å². The van der Waals surface area contributed by atoms with Gasteiger partial charge in [-0.15, -0.1) is 10.2 Å². The summed E-state index contributed by atoms with van der Waals surface area (Å²) in [7, 11) is 0. The van der Waals surface area contributed by atoms with Crippen LogP contribution in [-0.4, -0.2) is 44.5 Å². The Hall–Kier alpha value is -2.87. The molecule has 174 valence electrons. The van der Waals surface area contributed by atoms with E-state index in [-0.39, 0.29) is 5.91 Å². The van der Waals surface area contributed by atoms with E-state index in [0.717, 1.165) is 47.6 Å². The van der Waals surface area contributed by atoms with Crippen molar-refractivity contribution < 1.29 is 4.79 Å². The van der Waals surface area contributed by atoms with E-state index in [1.807, 2.05) is 18.3 Å². The molecule has 0 atom stereocenters. The molecule has 0 aliphatic carbocycles. The Kier molecular flexibility index (Phi) is 7.99. The lowest BCUT2D eigenvalue weighted by Crippen LogP contribution is -2.26. The fourth-order valence-electron chi connectivity index (χ4n) is 4.07. The number of rotatable bonds is 8. The Bertz CT molecular complexity index is 1060. The predicted octanol–water partition coefficient (Wildman–Crippen LogP) is 4.46. The van der Waals surface area contributed by atoms with Crippen molar-refractivity contribution in [1.82, 2.24) is 25.1 Å². The average Bonchev–Trinajstić information content (AvgIpc) is 3.05. The predicted molar refractivity (Wildman–Crippen MR) is 133 cm³/mol. The highest BCUT2D eigenvalue weighted by Gasteiger charge is 2.15. The van der Waals surface area contributed by atoms with Crippen LogP contribution in [0, 0.1) is 6.92 Å². The number of carbonyl (C=O) groups excluding carboxylic acids is 1. The summed E-state index contributed by atoms with van der Waals surface area (Å²) in [4.78, 5) is 19.4. The van der Waals surface area contributed by atoms with Crippen molar-refractivity contribution in [3.05, 3.63) is 53.7 Å². The smallest absolute Gasteiger partial charge is 0.230 e. The first-order chi connectivity index (χ1) is 16.1. The first-order valence-corrected chi connectivity index (χ1v) is 12.7. The Labute approximate surface area is 200 Å². The second-order valence-electron chi connectivity index (χ2n) is 8.41. The fraction of sp³-hybridized carbons (Fsp3) is 0.440. The van der Waals surface area contributed by atoms with E-state index in [4.69, 9.17) is 0 Å². The van der Waals surface area contributed by atoms with E-state index in [1.165, 1.54) is 43.0 Å². The molecule has 1 aliphatic heterocycles. The lowest BCUT2D eigenvalue weighted by atomic mass is 10.1. The third-order valence-corrected chi connectivity index (χ3v) is 6.84. The second-order valence-corrected chi connectivity index (χ2v) is 9.35. The molecule has 4 rings (SSSR count). The SMILES string of the molecule is CCn1c(SCC(=O)NCc2ccc(N3CCCCCC3)nc2)nnc1-c1cccc(C)c1. The molecule has 0 spiro atoms. The first kappa shape index (κ1) is 23.3. The third kappa shape index (κ3) is 6.13. The van der Waals surface area contributed by atoms with Gasteiger partial charge in [-0.1, -0.05) is 54.4 Å². The Balaban J connectivity index is 1.29. The maximum Gasteiger partial charge on any atom is 0.230 e. The zero-order valence-electron chi connectivity index (χ0n) is 19.5. The number of aryl methyl sites for hydroxylation is 1. The highest BCUT2D eigenvalue weighted by molar-refractivity contribution is 7.99. The molecule has 3 aromatic rings. The van der Waals surface area contributed by atoms with Crippen LogP contribution in [-0.2, 0) is 17.9 Å². The highest BCUT2D eigenvalue weighted by Crippen LogP contribution is 2.24. The summed E-state index contributed by atoms with van der Waals surface area (Å²) in [6, 6.07) is 12.4. The number of pyridine rings is 1. The van der Waals surface area contributed by atoms with Crippen LogP contribution in [0.4, 0.5) is 5.82 Å². The molecule has 0 saturated carbocycles. The zero-order chi connectivity index (χ0) is 23.0. The van der Waals surface area contributed by atoms with Crippen molar-refractivity contribution in [3.63, 3.8) is 0 Å². The van der Waals surface area contributed by atoms with Crippen molar-refractivity contribution in [3.8, 4) is 11.4 Å². The lowest BCUT2D eigenvalue weighted by molar-refractivity contribution is -0.118. The summed E-state index contributed by atoms with van der Waals surface area (Å²) < 4.78 is 2.05. The maximum absolute atomic E-state index is 12.4. The molecule has 8 heteroatoms.